The fourth-order valence-electron chi connectivity index (χ4n) is 1.81. The maximum absolute atomic E-state index is 9.40. The Kier molecular flexibility index (Phi) is 3.82. The zero-order chi connectivity index (χ0) is 10.7. The number of hydrogen-bond donors (Lipinski definition) is 1. The van der Waals surface area contributed by atoms with Crippen LogP contribution in [-0.4, -0.2) is 5.11 Å². The highest BCUT2D eigenvalue weighted by Crippen LogP contribution is 2.33. The minimum Gasteiger partial charge on any atom is -0.506 e. The Morgan fingerprint density at radius 2 is 2.07 bits per heavy atom. The van der Waals surface area contributed by atoms with Crippen molar-refractivity contribution >= 4 is 11.6 Å². The molecule has 0 saturated heterocycles. The second-order valence-corrected chi connectivity index (χ2v) is 4.18. The van der Waals surface area contributed by atoms with Crippen molar-refractivity contribution < 1.29 is 5.11 Å². The summed E-state index contributed by atoms with van der Waals surface area (Å²) in [6, 6.07) is 3.65. The van der Waals surface area contributed by atoms with Crippen molar-refractivity contribution in [1.29, 1.82) is 0 Å². The first-order valence-electron chi connectivity index (χ1n) is 5.05. The minimum atomic E-state index is 0.177. The van der Waals surface area contributed by atoms with E-state index < -0.39 is 0 Å². The van der Waals surface area contributed by atoms with Crippen LogP contribution in [0.3, 0.4) is 0 Å². The van der Waals surface area contributed by atoms with Gasteiger partial charge in [0.05, 0.1) is 5.02 Å². The topological polar surface area (TPSA) is 20.2 Å². The summed E-state index contributed by atoms with van der Waals surface area (Å²) in [5.74, 6) is 0.690. The van der Waals surface area contributed by atoms with E-state index in [0.29, 0.717) is 10.9 Å². The molecule has 0 aliphatic rings. The second kappa shape index (κ2) is 4.70. The summed E-state index contributed by atoms with van der Waals surface area (Å²) < 4.78 is 0. The Morgan fingerprint density at radius 1 is 1.43 bits per heavy atom. The molecule has 0 spiro atoms. The molecule has 0 fully saturated rings. The fraction of sp³-hybridized carbons (Fsp3) is 0.500. The largest absolute Gasteiger partial charge is 0.506 e. The molecule has 0 bridgehead atoms. The first-order valence-corrected chi connectivity index (χ1v) is 5.43. The molecule has 1 unspecified atom stereocenters. The number of phenolic OH excluding ortho intramolecular Hbond substituents is 1. The molecule has 1 N–H and O–H groups in total. The monoisotopic (exact) mass is 212 g/mol. The smallest absolute Gasteiger partial charge is 0.134 e. The Labute approximate surface area is 90.7 Å². The van der Waals surface area contributed by atoms with Crippen molar-refractivity contribution in [2.24, 2.45) is 0 Å². The molecule has 0 aromatic heterocycles. The summed E-state index contributed by atoms with van der Waals surface area (Å²) in [7, 11) is 0. The number of aromatic hydroxyl groups is 1. The van der Waals surface area contributed by atoms with Crippen LogP contribution in [0.25, 0.3) is 0 Å². The highest BCUT2D eigenvalue weighted by molar-refractivity contribution is 6.32. The van der Waals surface area contributed by atoms with Gasteiger partial charge in [0.15, 0.2) is 0 Å². The van der Waals surface area contributed by atoms with Gasteiger partial charge in [-0.2, -0.15) is 0 Å². The van der Waals surface area contributed by atoms with Crippen LogP contribution < -0.4 is 0 Å². The average molecular weight is 213 g/mol. The van der Waals surface area contributed by atoms with Crippen molar-refractivity contribution in [2.75, 3.05) is 0 Å². The average Bonchev–Trinajstić information content (AvgIpc) is 2.15. The summed E-state index contributed by atoms with van der Waals surface area (Å²) in [6.07, 6.45) is 2.32. The predicted molar refractivity (Wildman–Crippen MR) is 61.2 cm³/mol. The van der Waals surface area contributed by atoms with Gasteiger partial charge < -0.3 is 5.11 Å². The lowest BCUT2D eigenvalue weighted by Gasteiger charge is -2.15. The maximum Gasteiger partial charge on any atom is 0.134 e. The Bertz CT molecular complexity index is 320. The molecule has 1 atom stereocenters. The van der Waals surface area contributed by atoms with Crippen molar-refractivity contribution in [2.45, 2.75) is 39.5 Å². The third kappa shape index (κ3) is 2.21. The lowest BCUT2D eigenvalue weighted by Crippen LogP contribution is -1.96. The molecule has 2 heteroatoms. The van der Waals surface area contributed by atoms with Crippen LogP contribution >= 0.6 is 11.6 Å². The van der Waals surface area contributed by atoms with Crippen LogP contribution in [-0.2, 0) is 0 Å². The molecule has 0 heterocycles. The van der Waals surface area contributed by atoms with Gasteiger partial charge in [-0.3, -0.25) is 0 Å². The van der Waals surface area contributed by atoms with Crippen LogP contribution in [0.2, 0.25) is 5.02 Å². The first kappa shape index (κ1) is 11.4. The molecule has 1 aromatic rings. The van der Waals surface area contributed by atoms with E-state index in [1.165, 1.54) is 12.0 Å². The normalized spacial score (nSPS) is 12.9. The minimum absolute atomic E-state index is 0.177. The van der Waals surface area contributed by atoms with Gasteiger partial charge in [-0.1, -0.05) is 37.9 Å². The van der Waals surface area contributed by atoms with E-state index in [1.54, 1.807) is 6.07 Å². The quantitative estimate of drug-likeness (QED) is 0.794. The summed E-state index contributed by atoms with van der Waals surface area (Å²) in [6.45, 7) is 6.33. The van der Waals surface area contributed by atoms with Gasteiger partial charge >= 0.3 is 0 Å². The third-order valence-electron chi connectivity index (χ3n) is 2.66. The number of hydrogen-bond acceptors (Lipinski definition) is 1. The number of halogens is 1. The third-order valence-corrected chi connectivity index (χ3v) is 3.14. The summed E-state index contributed by atoms with van der Waals surface area (Å²) in [5, 5.41) is 9.90. The fourth-order valence-corrected chi connectivity index (χ4v) is 1.98. The number of rotatable bonds is 3. The van der Waals surface area contributed by atoms with Gasteiger partial charge in [-0.25, -0.2) is 0 Å². The SMILES string of the molecule is CCCC(C)c1ccc(O)c(Cl)c1C. The second-order valence-electron chi connectivity index (χ2n) is 3.80. The van der Waals surface area contributed by atoms with Crippen molar-refractivity contribution in [3.8, 4) is 5.75 Å². The van der Waals surface area contributed by atoms with E-state index in [4.69, 9.17) is 11.6 Å². The summed E-state index contributed by atoms with van der Waals surface area (Å²) in [5.41, 5.74) is 2.25. The van der Waals surface area contributed by atoms with E-state index in [2.05, 4.69) is 13.8 Å². The molecule has 0 aliphatic heterocycles. The van der Waals surface area contributed by atoms with Gasteiger partial charge in [-0.05, 0) is 36.5 Å². The molecule has 1 nitrogen and oxygen atoms in total. The van der Waals surface area contributed by atoms with E-state index in [0.717, 1.165) is 12.0 Å². The summed E-state index contributed by atoms with van der Waals surface area (Å²) in [4.78, 5) is 0. The molecule has 78 valence electrons. The van der Waals surface area contributed by atoms with Crippen LogP contribution in [0, 0.1) is 6.92 Å². The molecular formula is C12H17ClO. The standard InChI is InChI=1S/C12H17ClO/c1-4-5-8(2)10-6-7-11(14)12(13)9(10)3/h6-8,14H,4-5H2,1-3H3. The lowest BCUT2D eigenvalue weighted by molar-refractivity contribution is 0.474. The molecule has 0 radical (unpaired) electrons. The zero-order valence-electron chi connectivity index (χ0n) is 8.97. The van der Waals surface area contributed by atoms with Gasteiger partial charge in [0.1, 0.15) is 5.75 Å². The molecule has 1 rings (SSSR count). The van der Waals surface area contributed by atoms with Gasteiger partial charge in [0.2, 0.25) is 0 Å². The molecule has 0 amide bonds. The van der Waals surface area contributed by atoms with E-state index in [9.17, 15) is 5.11 Å². The first-order chi connectivity index (χ1) is 6.57. The predicted octanol–water partition coefficient (Wildman–Crippen LogP) is 4.26. The van der Waals surface area contributed by atoms with Crippen molar-refractivity contribution in [1.82, 2.24) is 0 Å². The molecule has 0 aliphatic carbocycles. The molecule has 1 aromatic carbocycles. The molecule has 0 saturated carbocycles. The highest BCUT2D eigenvalue weighted by atomic mass is 35.5. The number of benzene rings is 1. The Hall–Kier alpha value is -0.690. The van der Waals surface area contributed by atoms with E-state index in [-0.39, 0.29) is 5.75 Å². The van der Waals surface area contributed by atoms with Gasteiger partial charge in [-0.15, -0.1) is 0 Å². The maximum atomic E-state index is 9.40. The molecular weight excluding hydrogens is 196 g/mol. The van der Waals surface area contributed by atoms with Crippen LogP contribution in [0.1, 0.15) is 43.7 Å². The van der Waals surface area contributed by atoms with Gasteiger partial charge in [0.25, 0.3) is 0 Å². The van der Waals surface area contributed by atoms with E-state index in [1.807, 2.05) is 13.0 Å². The Morgan fingerprint density at radius 3 is 2.64 bits per heavy atom. The highest BCUT2D eigenvalue weighted by Gasteiger charge is 2.11. The Balaban J connectivity index is 3.04. The van der Waals surface area contributed by atoms with Crippen molar-refractivity contribution in [3.05, 3.63) is 28.3 Å². The number of phenols is 1. The zero-order valence-corrected chi connectivity index (χ0v) is 9.73. The van der Waals surface area contributed by atoms with Gasteiger partial charge in [0, 0.05) is 0 Å². The lowest BCUT2D eigenvalue weighted by atomic mass is 9.92. The van der Waals surface area contributed by atoms with Crippen LogP contribution in [0.15, 0.2) is 12.1 Å². The van der Waals surface area contributed by atoms with Crippen molar-refractivity contribution in [3.63, 3.8) is 0 Å². The molecule has 14 heavy (non-hydrogen) atoms. The summed E-state index contributed by atoms with van der Waals surface area (Å²) >= 11 is 5.98. The van der Waals surface area contributed by atoms with Crippen LogP contribution in [0.5, 0.6) is 5.75 Å². The van der Waals surface area contributed by atoms with Crippen LogP contribution in [0.4, 0.5) is 0 Å². The van der Waals surface area contributed by atoms with E-state index >= 15 is 0 Å².